The third kappa shape index (κ3) is 4.21. The fraction of sp³-hybridized carbons (Fsp3) is 0.588. The molecule has 1 heterocycles. The summed E-state index contributed by atoms with van der Waals surface area (Å²) in [6.45, 7) is 6.04. The molecule has 122 valence electrons. The fourth-order valence-electron chi connectivity index (χ4n) is 2.71. The van der Waals surface area contributed by atoms with Gasteiger partial charge in [0.15, 0.2) is 0 Å². The van der Waals surface area contributed by atoms with Crippen molar-refractivity contribution in [2.75, 3.05) is 26.7 Å². The molecule has 1 saturated heterocycles. The topological polar surface area (TPSA) is 59.6 Å². The predicted molar refractivity (Wildman–Crippen MR) is 86.1 cm³/mol. The minimum absolute atomic E-state index is 0.0452. The second-order valence-corrected chi connectivity index (χ2v) is 5.90. The number of hydrogen-bond acceptors (Lipinski definition) is 4. The molecule has 2 N–H and O–H groups in total. The SMILES string of the molecule is COC1(C(=O)NCC(C)Oc2cccc(C)c2)CCNCC1. The summed E-state index contributed by atoms with van der Waals surface area (Å²) in [7, 11) is 1.61. The van der Waals surface area contributed by atoms with E-state index < -0.39 is 5.60 Å². The summed E-state index contributed by atoms with van der Waals surface area (Å²) in [6.07, 6.45) is 1.30. The van der Waals surface area contributed by atoms with Crippen LogP contribution in [0.15, 0.2) is 24.3 Å². The van der Waals surface area contributed by atoms with Gasteiger partial charge in [0.2, 0.25) is 0 Å². The zero-order valence-electron chi connectivity index (χ0n) is 13.6. The summed E-state index contributed by atoms with van der Waals surface area (Å²) in [6, 6.07) is 7.90. The molecule has 5 nitrogen and oxygen atoms in total. The Morgan fingerprint density at radius 1 is 1.41 bits per heavy atom. The zero-order valence-corrected chi connectivity index (χ0v) is 13.6. The van der Waals surface area contributed by atoms with Gasteiger partial charge in [-0.3, -0.25) is 4.79 Å². The molecule has 0 spiro atoms. The highest BCUT2D eigenvalue weighted by Gasteiger charge is 2.39. The summed E-state index contributed by atoms with van der Waals surface area (Å²) in [5.41, 5.74) is 0.454. The first-order chi connectivity index (χ1) is 10.6. The molecule has 0 aliphatic carbocycles. The Bertz CT molecular complexity index is 498. The molecule has 0 saturated carbocycles. The highest BCUT2D eigenvalue weighted by atomic mass is 16.5. The lowest BCUT2D eigenvalue weighted by molar-refractivity contribution is -0.147. The molecule has 0 radical (unpaired) electrons. The number of benzene rings is 1. The first-order valence-corrected chi connectivity index (χ1v) is 7.83. The van der Waals surface area contributed by atoms with Gasteiger partial charge in [0.1, 0.15) is 17.5 Å². The van der Waals surface area contributed by atoms with E-state index in [-0.39, 0.29) is 12.0 Å². The molecule has 5 heteroatoms. The molecule has 22 heavy (non-hydrogen) atoms. The Kier molecular flexibility index (Phi) is 5.80. The number of nitrogens with one attached hydrogen (secondary N) is 2. The third-order valence-electron chi connectivity index (χ3n) is 4.09. The van der Waals surface area contributed by atoms with Gasteiger partial charge in [0.25, 0.3) is 5.91 Å². The number of ether oxygens (including phenoxy) is 2. The molecule has 1 aliphatic rings. The zero-order chi connectivity index (χ0) is 16.0. The molecule has 1 unspecified atom stereocenters. The Morgan fingerprint density at radius 3 is 2.77 bits per heavy atom. The monoisotopic (exact) mass is 306 g/mol. The molecule has 1 aromatic rings. The van der Waals surface area contributed by atoms with Gasteiger partial charge in [-0.1, -0.05) is 12.1 Å². The van der Waals surface area contributed by atoms with Crippen LogP contribution >= 0.6 is 0 Å². The number of carbonyl (C=O) groups excluding carboxylic acids is 1. The van der Waals surface area contributed by atoms with Gasteiger partial charge in [-0.25, -0.2) is 0 Å². The van der Waals surface area contributed by atoms with Crippen LogP contribution in [-0.4, -0.2) is 44.4 Å². The van der Waals surface area contributed by atoms with E-state index in [9.17, 15) is 4.79 Å². The van der Waals surface area contributed by atoms with Crippen molar-refractivity contribution >= 4 is 5.91 Å². The van der Waals surface area contributed by atoms with Gasteiger partial charge >= 0.3 is 0 Å². The lowest BCUT2D eigenvalue weighted by Crippen LogP contribution is -2.55. The minimum atomic E-state index is -0.700. The standard InChI is InChI=1S/C17H26N2O3/c1-13-5-4-6-15(11-13)22-14(2)12-19-16(20)17(21-3)7-9-18-10-8-17/h4-6,11,14,18H,7-10,12H2,1-3H3,(H,19,20). The Labute approximate surface area is 132 Å². The van der Waals surface area contributed by atoms with Gasteiger partial charge in [-0.15, -0.1) is 0 Å². The lowest BCUT2D eigenvalue weighted by atomic mass is 9.91. The minimum Gasteiger partial charge on any atom is -0.489 e. The molecule has 1 aromatic carbocycles. The average molecular weight is 306 g/mol. The number of piperidine rings is 1. The van der Waals surface area contributed by atoms with Crippen molar-refractivity contribution in [2.24, 2.45) is 0 Å². The van der Waals surface area contributed by atoms with Crippen LogP contribution in [0.5, 0.6) is 5.75 Å². The number of hydrogen-bond donors (Lipinski definition) is 2. The summed E-state index contributed by atoms with van der Waals surface area (Å²) >= 11 is 0. The van der Waals surface area contributed by atoms with Crippen molar-refractivity contribution in [3.8, 4) is 5.75 Å². The fourth-order valence-corrected chi connectivity index (χ4v) is 2.71. The van der Waals surface area contributed by atoms with E-state index in [1.54, 1.807) is 7.11 Å². The van der Waals surface area contributed by atoms with Gasteiger partial charge in [-0.05, 0) is 57.5 Å². The maximum atomic E-state index is 12.4. The van der Waals surface area contributed by atoms with Crippen LogP contribution < -0.4 is 15.4 Å². The van der Waals surface area contributed by atoms with Crippen LogP contribution in [-0.2, 0) is 9.53 Å². The van der Waals surface area contributed by atoms with Gasteiger partial charge in [-0.2, -0.15) is 0 Å². The molecule has 0 aromatic heterocycles. The van der Waals surface area contributed by atoms with E-state index in [2.05, 4.69) is 10.6 Å². The first kappa shape index (κ1) is 16.8. The predicted octanol–water partition coefficient (Wildman–Crippen LogP) is 1.65. The quantitative estimate of drug-likeness (QED) is 0.839. The van der Waals surface area contributed by atoms with Crippen LogP contribution in [0.2, 0.25) is 0 Å². The van der Waals surface area contributed by atoms with E-state index in [0.29, 0.717) is 19.4 Å². The summed E-state index contributed by atoms with van der Waals surface area (Å²) in [4.78, 5) is 12.4. The Morgan fingerprint density at radius 2 is 2.14 bits per heavy atom. The van der Waals surface area contributed by atoms with E-state index in [4.69, 9.17) is 9.47 Å². The van der Waals surface area contributed by atoms with Gasteiger partial charge < -0.3 is 20.1 Å². The molecule has 1 aliphatic heterocycles. The number of carbonyl (C=O) groups is 1. The molecule has 1 fully saturated rings. The average Bonchev–Trinajstić information content (AvgIpc) is 2.53. The van der Waals surface area contributed by atoms with Crippen LogP contribution in [0.25, 0.3) is 0 Å². The highest BCUT2D eigenvalue weighted by molar-refractivity contribution is 5.85. The van der Waals surface area contributed by atoms with Crippen LogP contribution in [0.3, 0.4) is 0 Å². The van der Waals surface area contributed by atoms with E-state index >= 15 is 0 Å². The molecule has 1 atom stereocenters. The summed E-state index contributed by atoms with van der Waals surface area (Å²) < 4.78 is 11.3. The van der Waals surface area contributed by atoms with E-state index in [1.165, 1.54) is 0 Å². The van der Waals surface area contributed by atoms with Crippen LogP contribution in [0.4, 0.5) is 0 Å². The normalized spacial score (nSPS) is 18.5. The molecule has 2 rings (SSSR count). The maximum Gasteiger partial charge on any atom is 0.252 e. The van der Waals surface area contributed by atoms with Gasteiger partial charge in [0, 0.05) is 7.11 Å². The van der Waals surface area contributed by atoms with Crippen molar-refractivity contribution in [3.63, 3.8) is 0 Å². The smallest absolute Gasteiger partial charge is 0.252 e. The molecular formula is C17H26N2O3. The van der Waals surface area contributed by atoms with E-state index in [0.717, 1.165) is 24.4 Å². The van der Waals surface area contributed by atoms with Crippen molar-refractivity contribution in [1.82, 2.24) is 10.6 Å². The number of amides is 1. The number of aryl methyl sites for hydroxylation is 1. The van der Waals surface area contributed by atoms with Crippen molar-refractivity contribution in [3.05, 3.63) is 29.8 Å². The molecular weight excluding hydrogens is 280 g/mol. The van der Waals surface area contributed by atoms with Crippen molar-refractivity contribution < 1.29 is 14.3 Å². The van der Waals surface area contributed by atoms with E-state index in [1.807, 2.05) is 38.1 Å². The lowest BCUT2D eigenvalue weighted by Gasteiger charge is -2.35. The molecule has 1 amide bonds. The van der Waals surface area contributed by atoms with Crippen LogP contribution in [0.1, 0.15) is 25.3 Å². The molecule has 0 bridgehead atoms. The van der Waals surface area contributed by atoms with Crippen molar-refractivity contribution in [2.45, 2.75) is 38.4 Å². The van der Waals surface area contributed by atoms with Gasteiger partial charge in [0.05, 0.1) is 6.54 Å². The van der Waals surface area contributed by atoms with Crippen molar-refractivity contribution in [1.29, 1.82) is 0 Å². The first-order valence-electron chi connectivity index (χ1n) is 7.83. The Balaban J connectivity index is 1.84. The largest absolute Gasteiger partial charge is 0.489 e. The summed E-state index contributed by atoms with van der Waals surface area (Å²) in [5.74, 6) is 0.779. The number of rotatable bonds is 6. The van der Waals surface area contributed by atoms with Crippen LogP contribution in [0, 0.1) is 6.92 Å². The summed E-state index contributed by atoms with van der Waals surface area (Å²) in [5, 5.41) is 6.21. The third-order valence-corrected chi connectivity index (χ3v) is 4.09. The maximum absolute atomic E-state index is 12.4. The highest BCUT2D eigenvalue weighted by Crippen LogP contribution is 2.22. The second-order valence-electron chi connectivity index (χ2n) is 5.90. The Hall–Kier alpha value is -1.59. The number of methoxy groups -OCH3 is 1. The second kappa shape index (κ2) is 7.61.